The fraction of sp³-hybridized carbons (Fsp3) is 0.312. The molecule has 2 aromatic rings. The van der Waals surface area contributed by atoms with E-state index in [1.807, 2.05) is 6.07 Å². The number of nitrogens with one attached hydrogen (secondary N) is 2. The van der Waals surface area contributed by atoms with Gasteiger partial charge in [0, 0.05) is 23.2 Å². The number of nitrogens with zero attached hydrogens (tertiary/aromatic N) is 1. The summed E-state index contributed by atoms with van der Waals surface area (Å²) < 4.78 is 0. The highest BCUT2D eigenvalue weighted by Crippen LogP contribution is 2.25. The van der Waals surface area contributed by atoms with Gasteiger partial charge in [0.25, 0.3) is 0 Å². The van der Waals surface area contributed by atoms with Gasteiger partial charge in [-0.15, -0.1) is 11.3 Å². The SMILES string of the molecule is CC(C)c1cnc(NC(=O)Nc2cccc(CCC(=O)O)c2)s1. The molecule has 0 aliphatic heterocycles. The first-order valence-electron chi connectivity index (χ1n) is 7.28. The maximum Gasteiger partial charge on any atom is 0.325 e. The third kappa shape index (κ3) is 5.37. The maximum absolute atomic E-state index is 12.0. The van der Waals surface area contributed by atoms with Crippen LogP contribution in [-0.4, -0.2) is 22.1 Å². The van der Waals surface area contributed by atoms with Crippen LogP contribution in [0.15, 0.2) is 30.5 Å². The molecule has 3 N–H and O–H groups in total. The van der Waals surface area contributed by atoms with Crippen molar-refractivity contribution in [1.29, 1.82) is 0 Å². The third-order valence-corrected chi connectivity index (χ3v) is 4.34. The summed E-state index contributed by atoms with van der Waals surface area (Å²) in [4.78, 5) is 27.9. The zero-order valence-corrected chi connectivity index (χ0v) is 13.8. The minimum atomic E-state index is -0.842. The smallest absolute Gasteiger partial charge is 0.325 e. The monoisotopic (exact) mass is 333 g/mol. The fourth-order valence-electron chi connectivity index (χ4n) is 1.93. The Morgan fingerprint density at radius 2 is 2.09 bits per heavy atom. The average molecular weight is 333 g/mol. The van der Waals surface area contributed by atoms with Gasteiger partial charge in [0.05, 0.1) is 0 Å². The third-order valence-electron chi connectivity index (χ3n) is 3.13. The highest BCUT2D eigenvalue weighted by atomic mass is 32.1. The molecule has 0 atom stereocenters. The summed E-state index contributed by atoms with van der Waals surface area (Å²) in [5, 5.41) is 14.7. The minimum absolute atomic E-state index is 0.0622. The average Bonchev–Trinajstić information content (AvgIpc) is 2.94. The molecule has 6 nitrogen and oxygen atoms in total. The maximum atomic E-state index is 12.0. The van der Waals surface area contributed by atoms with Crippen LogP contribution in [0.2, 0.25) is 0 Å². The molecule has 2 amide bonds. The molecule has 0 spiro atoms. The lowest BCUT2D eigenvalue weighted by molar-refractivity contribution is -0.136. The molecule has 1 aromatic carbocycles. The van der Waals surface area contributed by atoms with Gasteiger partial charge in [0.15, 0.2) is 5.13 Å². The summed E-state index contributed by atoms with van der Waals surface area (Å²) in [5.74, 6) is -0.470. The summed E-state index contributed by atoms with van der Waals surface area (Å²) in [6.45, 7) is 4.14. The van der Waals surface area contributed by atoms with Gasteiger partial charge in [-0.3, -0.25) is 10.1 Å². The summed E-state index contributed by atoms with van der Waals surface area (Å²) in [7, 11) is 0. The van der Waals surface area contributed by atoms with E-state index in [2.05, 4.69) is 29.5 Å². The van der Waals surface area contributed by atoms with Gasteiger partial charge in [0.1, 0.15) is 0 Å². The molecule has 0 aliphatic carbocycles. The number of thiazole rings is 1. The van der Waals surface area contributed by atoms with E-state index in [9.17, 15) is 9.59 Å². The number of benzene rings is 1. The van der Waals surface area contributed by atoms with E-state index in [4.69, 9.17) is 5.11 Å². The van der Waals surface area contributed by atoms with E-state index in [1.54, 1.807) is 24.4 Å². The van der Waals surface area contributed by atoms with Crippen molar-refractivity contribution >= 4 is 34.2 Å². The fourth-order valence-corrected chi connectivity index (χ4v) is 2.74. The molecule has 1 aromatic heterocycles. The standard InChI is InChI=1S/C16H19N3O3S/c1-10(2)13-9-17-16(23-13)19-15(22)18-12-5-3-4-11(8-12)6-7-14(20)21/h3-5,8-10H,6-7H2,1-2H3,(H,20,21)(H2,17,18,19,22). The summed E-state index contributed by atoms with van der Waals surface area (Å²) >= 11 is 1.45. The van der Waals surface area contributed by atoms with Crippen molar-refractivity contribution in [2.45, 2.75) is 32.6 Å². The molecule has 0 radical (unpaired) electrons. The molecule has 0 aliphatic rings. The zero-order chi connectivity index (χ0) is 16.8. The number of aliphatic carboxylic acids is 1. The topological polar surface area (TPSA) is 91.3 Å². The van der Waals surface area contributed by atoms with Crippen molar-refractivity contribution < 1.29 is 14.7 Å². The first kappa shape index (κ1) is 17.0. The number of aromatic nitrogens is 1. The van der Waals surface area contributed by atoms with E-state index in [0.717, 1.165) is 10.4 Å². The Hall–Kier alpha value is -2.41. The second-order valence-electron chi connectivity index (χ2n) is 5.40. The van der Waals surface area contributed by atoms with Crippen molar-refractivity contribution in [3.8, 4) is 0 Å². The van der Waals surface area contributed by atoms with Crippen LogP contribution in [0.25, 0.3) is 0 Å². The highest BCUT2D eigenvalue weighted by Gasteiger charge is 2.09. The van der Waals surface area contributed by atoms with E-state index in [1.165, 1.54) is 11.3 Å². The zero-order valence-electron chi connectivity index (χ0n) is 13.0. The molecule has 0 saturated heterocycles. The van der Waals surface area contributed by atoms with Crippen molar-refractivity contribution in [2.24, 2.45) is 0 Å². The highest BCUT2D eigenvalue weighted by molar-refractivity contribution is 7.15. The number of aryl methyl sites for hydroxylation is 1. The van der Waals surface area contributed by atoms with Gasteiger partial charge in [0.2, 0.25) is 0 Å². The van der Waals surface area contributed by atoms with Crippen molar-refractivity contribution in [1.82, 2.24) is 4.98 Å². The lowest BCUT2D eigenvalue weighted by Crippen LogP contribution is -2.19. The van der Waals surface area contributed by atoms with Crippen LogP contribution in [0.1, 0.15) is 36.6 Å². The Bertz CT molecular complexity index is 697. The van der Waals surface area contributed by atoms with Crippen LogP contribution in [0, 0.1) is 0 Å². The second kappa shape index (κ2) is 7.73. The first-order chi connectivity index (χ1) is 10.9. The Labute approximate surface area is 138 Å². The van der Waals surface area contributed by atoms with E-state index in [-0.39, 0.29) is 12.5 Å². The van der Waals surface area contributed by atoms with Crippen molar-refractivity contribution in [3.63, 3.8) is 0 Å². The number of carboxylic acid groups (broad SMARTS) is 1. The van der Waals surface area contributed by atoms with E-state index in [0.29, 0.717) is 23.2 Å². The molecule has 0 saturated carbocycles. The first-order valence-corrected chi connectivity index (χ1v) is 8.10. The lowest BCUT2D eigenvalue weighted by atomic mass is 10.1. The van der Waals surface area contributed by atoms with Gasteiger partial charge in [-0.2, -0.15) is 0 Å². The molecule has 0 bridgehead atoms. The summed E-state index contributed by atoms with van der Waals surface area (Å²) in [5.41, 5.74) is 1.48. The van der Waals surface area contributed by atoms with Crippen molar-refractivity contribution in [2.75, 3.05) is 10.6 Å². The molecule has 23 heavy (non-hydrogen) atoms. The Morgan fingerprint density at radius 3 is 2.74 bits per heavy atom. The van der Waals surface area contributed by atoms with E-state index >= 15 is 0 Å². The number of carboxylic acids is 1. The van der Waals surface area contributed by atoms with Gasteiger partial charge in [-0.05, 0) is 30.0 Å². The van der Waals surface area contributed by atoms with E-state index < -0.39 is 5.97 Å². The number of hydrogen-bond acceptors (Lipinski definition) is 4. The van der Waals surface area contributed by atoms with Crippen LogP contribution in [0.3, 0.4) is 0 Å². The Kier molecular flexibility index (Phi) is 5.70. The molecule has 7 heteroatoms. The molecule has 2 rings (SSSR count). The van der Waals surface area contributed by atoms with Gasteiger partial charge in [-0.1, -0.05) is 26.0 Å². The lowest BCUT2D eigenvalue weighted by Gasteiger charge is -2.07. The molecular weight excluding hydrogens is 314 g/mol. The number of carbonyl (C=O) groups excluding carboxylic acids is 1. The molecule has 0 unspecified atom stereocenters. The largest absolute Gasteiger partial charge is 0.481 e. The van der Waals surface area contributed by atoms with Crippen LogP contribution < -0.4 is 10.6 Å². The van der Waals surface area contributed by atoms with Gasteiger partial charge in [-0.25, -0.2) is 9.78 Å². The molecule has 1 heterocycles. The quantitative estimate of drug-likeness (QED) is 0.747. The van der Waals surface area contributed by atoms with Crippen molar-refractivity contribution in [3.05, 3.63) is 40.9 Å². The summed E-state index contributed by atoms with van der Waals surface area (Å²) in [6.07, 6.45) is 2.25. The van der Waals surface area contributed by atoms with Gasteiger partial charge >= 0.3 is 12.0 Å². The number of urea groups is 1. The molecule has 122 valence electrons. The summed E-state index contributed by atoms with van der Waals surface area (Å²) in [6, 6.07) is 6.77. The predicted octanol–water partition coefficient (Wildman–Crippen LogP) is 3.93. The number of hydrogen-bond donors (Lipinski definition) is 3. The second-order valence-corrected chi connectivity index (χ2v) is 6.46. The number of carbonyl (C=O) groups is 2. The Morgan fingerprint density at radius 1 is 1.30 bits per heavy atom. The van der Waals surface area contributed by atoms with Crippen LogP contribution in [0.5, 0.6) is 0 Å². The number of anilines is 2. The van der Waals surface area contributed by atoms with Crippen LogP contribution in [0.4, 0.5) is 15.6 Å². The normalized spacial score (nSPS) is 10.6. The molecular formula is C16H19N3O3S. The van der Waals surface area contributed by atoms with Crippen LogP contribution >= 0.6 is 11.3 Å². The number of amides is 2. The Balaban J connectivity index is 1.94. The number of rotatable bonds is 6. The van der Waals surface area contributed by atoms with Gasteiger partial charge < -0.3 is 10.4 Å². The van der Waals surface area contributed by atoms with Crippen LogP contribution in [-0.2, 0) is 11.2 Å². The predicted molar refractivity (Wildman–Crippen MR) is 91.2 cm³/mol. The molecule has 0 fully saturated rings. The minimum Gasteiger partial charge on any atom is -0.481 e.